The molecule has 4 nitrogen and oxygen atoms in total. The van der Waals surface area contributed by atoms with Gasteiger partial charge in [0.15, 0.2) is 5.82 Å². The SMILES string of the molecule is CCC1SCCSC1c1noc(C2NCC3CCCC32)n1. The normalized spacial score (nSPS) is 39.6. The van der Waals surface area contributed by atoms with Crippen molar-refractivity contribution in [1.29, 1.82) is 0 Å². The highest BCUT2D eigenvalue weighted by Gasteiger charge is 2.42. The molecule has 21 heavy (non-hydrogen) atoms. The second-order valence-corrected chi connectivity index (χ2v) is 8.94. The molecule has 5 atom stereocenters. The van der Waals surface area contributed by atoms with Gasteiger partial charge in [0.1, 0.15) is 0 Å². The number of aromatic nitrogens is 2. The monoisotopic (exact) mass is 325 g/mol. The average molecular weight is 326 g/mol. The van der Waals surface area contributed by atoms with Gasteiger partial charge in [-0.05, 0) is 37.6 Å². The number of fused-ring (bicyclic) bond motifs is 1. The molecule has 3 fully saturated rings. The zero-order valence-corrected chi connectivity index (χ0v) is 14.1. The van der Waals surface area contributed by atoms with Crippen LogP contribution in [0.2, 0.25) is 0 Å². The van der Waals surface area contributed by atoms with Crippen LogP contribution in [-0.4, -0.2) is 33.4 Å². The van der Waals surface area contributed by atoms with E-state index in [-0.39, 0.29) is 0 Å². The molecule has 3 aliphatic rings. The fourth-order valence-corrected chi connectivity index (χ4v) is 7.07. The molecule has 0 amide bonds. The van der Waals surface area contributed by atoms with Gasteiger partial charge in [-0.1, -0.05) is 18.5 Å². The Morgan fingerprint density at radius 1 is 1.29 bits per heavy atom. The van der Waals surface area contributed by atoms with Crippen LogP contribution >= 0.6 is 23.5 Å². The Balaban J connectivity index is 1.52. The molecule has 1 aromatic rings. The topological polar surface area (TPSA) is 51.0 Å². The van der Waals surface area contributed by atoms with Gasteiger partial charge in [-0.15, -0.1) is 11.8 Å². The van der Waals surface area contributed by atoms with Crippen LogP contribution in [0.5, 0.6) is 0 Å². The van der Waals surface area contributed by atoms with E-state index in [0.717, 1.165) is 24.2 Å². The van der Waals surface area contributed by atoms with E-state index in [9.17, 15) is 0 Å². The molecule has 1 N–H and O–H groups in total. The number of nitrogens with zero attached hydrogens (tertiary/aromatic N) is 2. The molecular weight excluding hydrogens is 302 g/mol. The zero-order valence-electron chi connectivity index (χ0n) is 12.5. The highest BCUT2D eigenvalue weighted by atomic mass is 32.2. The molecule has 4 rings (SSSR count). The first kappa shape index (κ1) is 14.4. The number of nitrogens with one attached hydrogen (secondary N) is 1. The maximum Gasteiger partial charge on any atom is 0.244 e. The van der Waals surface area contributed by atoms with Crippen LogP contribution in [0.4, 0.5) is 0 Å². The second kappa shape index (κ2) is 6.13. The van der Waals surface area contributed by atoms with Crippen LogP contribution in [0.1, 0.15) is 55.6 Å². The molecule has 0 aromatic carbocycles. The first-order valence-electron chi connectivity index (χ1n) is 8.17. The predicted octanol–water partition coefficient (Wildman–Crippen LogP) is 3.43. The Bertz CT molecular complexity index is 477. The number of rotatable bonds is 3. The third kappa shape index (κ3) is 2.63. The van der Waals surface area contributed by atoms with Gasteiger partial charge in [0.2, 0.25) is 5.89 Å². The third-order valence-electron chi connectivity index (χ3n) is 5.18. The number of hydrogen-bond donors (Lipinski definition) is 1. The fraction of sp³-hybridized carbons (Fsp3) is 0.867. The van der Waals surface area contributed by atoms with Gasteiger partial charge in [-0.2, -0.15) is 16.7 Å². The average Bonchev–Trinajstić information content (AvgIpc) is 3.23. The summed E-state index contributed by atoms with van der Waals surface area (Å²) in [5.74, 6) is 5.75. The summed E-state index contributed by atoms with van der Waals surface area (Å²) in [7, 11) is 0. The summed E-state index contributed by atoms with van der Waals surface area (Å²) < 4.78 is 5.66. The lowest BCUT2D eigenvalue weighted by atomic mass is 9.94. The van der Waals surface area contributed by atoms with Gasteiger partial charge in [0.25, 0.3) is 0 Å². The van der Waals surface area contributed by atoms with Crippen molar-refractivity contribution in [2.75, 3.05) is 18.1 Å². The van der Waals surface area contributed by atoms with E-state index >= 15 is 0 Å². The maximum absolute atomic E-state index is 5.66. The van der Waals surface area contributed by atoms with Crippen molar-refractivity contribution < 1.29 is 4.52 Å². The summed E-state index contributed by atoms with van der Waals surface area (Å²) in [4.78, 5) is 4.80. The summed E-state index contributed by atoms with van der Waals surface area (Å²) in [6.07, 6.45) is 5.22. The minimum absolute atomic E-state index is 0.306. The Kier molecular flexibility index (Phi) is 4.20. The van der Waals surface area contributed by atoms with Crippen molar-refractivity contribution in [3.63, 3.8) is 0 Å². The quantitative estimate of drug-likeness (QED) is 0.919. The predicted molar refractivity (Wildman–Crippen MR) is 87.6 cm³/mol. The lowest BCUT2D eigenvalue weighted by molar-refractivity contribution is 0.300. The van der Waals surface area contributed by atoms with Crippen molar-refractivity contribution in [3.8, 4) is 0 Å². The van der Waals surface area contributed by atoms with Gasteiger partial charge in [-0.25, -0.2) is 0 Å². The van der Waals surface area contributed by atoms with Crippen LogP contribution in [0.15, 0.2) is 4.52 Å². The van der Waals surface area contributed by atoms with Gasteiger partial charge in [0.05, 0.1) is 11.3 Å². The van der Waals surface area contributed by atoms with E-state index in [1.54, 1.807) is 0 Å². The lowest BCUT2D eigenvalue weighted by Gasteiger charge is -2.27. The van der Waals surface area contributed by atoms with E-state index in [2.05, 4.69) is 29.2 Å². The highest BCUT2D eigenvalue weighted by Crippen LogP contribution is 2.46. The Morgan fingerprint density at radius 3 is 3.10 bits per heavy atom. The largest absolute Gasteiger partial charge is 0.338 e. The molecule has 0 spiro atoms. The fourth-order valence-electron chi connectivity index (χ4n) is 4.09. The van der Waals surface area contributed by atoms with Crippen molar-refractivity contribution in [2.45, 2.75) is 49.1 Å². The van der Waals surface area contributed by atoms with Gasteiger partial charge < -0.3 is 9.84 Å². The van der Waals surface area contributed by atoms with Crippen molar-refractivity contribution in [2.24, 2.45) is 11.8 Å². The van der Waals surface area contributed by atoms with E-state index in [1.165, 1.54) is 37.2 Å². The van der Waals surface area contributed by atoms with E-state index in [4.69, 9.17) is 9.51 Å². The Morgan fingerprint density at radius 2 is 2.19 bits per heavy atom. The van der Waals surface area contributed by atoms with Crippen molar-refractivity contribution >= 4 is 23.5 Å². The summed E-state index contributed by atoms with van der Waals surface area (Å²) in [5.41, 5.74) is 0. The first-order valence-corrected chi connectivity index (χ1v) is 10.3. The van der Waals surface area contributed by atoms with E-state index in [1.807, 2.05) is 11.8 Å². The van der Waals surface area contributed by atoms with Gasteiger partial charge >= 0.3 is 0 Å². The maximum atomic E-state index is 5.66. The van der Waals surface area contributed by atoms with Crippen LogP contribution in [-0.2, 0) is 0 Å². The smallest absolute Gasteiger partial charge is 0.244 e. The summed E-state index contributed by atoms with van der Waals surface area (Å²) in [6.45, 7) is 3.39. The molecule has 3 heterocycles. The highest BCUT2D eigenvalue weighted by molar-refractivity contribution is 8.06. The van der Waals surface area contributed by atoms with Gasteiger partial charge in [-0.3, -0.25) is 0 Å². The molecule has 5 unspecified atom stereocenters. The molecule has 2 saturated heterocycles. The van der Waals surface area contributed by atoms with Gasteiger partial charge in [0, 0.05) is 16.8 Å². The zero-order chi connectivity index (χ0) is 14.2. The third-order valence-corrected chi connectivity index (χ3v) is 8.42. The van der Waals surface area contributed by atoms with E-state index < -0.39 is 0 Å². The standard InChI is InChI=1S/C15H23N3OS2/c1-2-11-13(21-7-6-20-11)14-17-15(19-18-14)12-10-5-3-4-9(10)8-16-12/h9-13,16H,2-8H2,1H3. The molecule has 6 heteroatoms. The lowest BCUT2D eigenvalue weighted by Crippen LogP contribution is -2.20. The van der Waals surface area contributed by atoms with Crippen LogP contribution in [0.25, 0.3) is 0 Å². The Hall–Kier alpha value is -0.200. The van der Waals surface area contributed by atoms with Crippen LogP contribution in [0.3, 0.4) is 0 Å². The van der Waals surface area contributed by atoms with E-state index in [0.29, 0.717) is 22.5 Å². The molecule has 1 aliphatic carbocycles. The minimum Gasteiger partial charge on any atom is -0.338 e. The molecule has 1 saturated carbocycles. The second-order valence-electron chi connectivity index (χ2n) is 6.34. The summed E-state index contributed by atoms with van der Waals surface area (Å²) in [5, 5.41) is 8.98. The minimum atomic E-state index is 0.306. The molecular formula is C15H23N3OS2. The van der Waals surface area contributed by atoms with Crippen LogP contribution in [0, 0.1) is 11.8 Å². The molecule has 1 aromatic heterocycles. The Labute approximate surface area is 134 Å². The van der Waals surface area contributed by atoms with Crippen molar-refractivity contribution in [1.82, 2.24) is 15.5 Å². The number of thioether (sulfide) groups is 2. The van der Waals surface area contributed by atoms with Crippen LogP contribution < -0.4 is 5.32 Å². The molecule has 116 valence electrons. The molecule has 0 radical (unpaired) electrons. The van der Waals surface area contributed by atoms with Crippen molar-refractivity contribution in [3.05, 3.63) is 11.7 Å². The first-order chi connectivity index (χ1) is 10.4. The summed E-state index contributed by atoms with van der Waals surface area (Å²) in [6, 6.07) is 0.306. The number of hydrogen-bond acceptors (Lipinski definition) is 6. The molecule has 2 aliphatic heterocycles. The summed E-state index contributed by atoms with van der Waals surface area (Å²) >= 11 is 4.06. The molecule has 0 bridgehead atoms.